The molecule has 0 saturated carbocycles. The lowest BCUT2D eigenvalue weighted by molar-refractivity contribution is 0.122. The molecule has 1 aromatic heterocycles. The Hall–Kier alpha value is -0.960. The molecule has 2 N–H and O–H groups in total. The zero-order chi connectivity index (χ0) is 14.3. The van der Waals surface area contributed by atoms with Crippen LogP contribution in [0.4, 0.5) is 0 Å². The Balaban J connectivity index is 2.58. The van der Waals surface area contributed by atoms with Gasteiger partial charge in [0.05, 0.1) is 18.8 Å². The normalized spacial score (nSPS) is 13.6. The van der Waals surface area contributed by atoms with Crippen LogP contribution in [0.5, 0.6) is 0 Å². The van der Waals surface area contributed by atoms with Crippen LogP contribution < -0.4 is 10.0 Å². The van der Waals surface area contributed by atoms with Crippen molar-refractivity contribution in [1.29, 1.82) is 0 Å². The van der Waals surface area contributed by atoms with Crippen LogP contribution >= 0.6 is 0 Å². The number of nitrogens with one attached hydrogen (secondary N) is 2. The number of methoxy groups -OCH3 is 1. The lowest BCUT2D eigenvalue weighted by Crippen LogP contribution is -2.31. The molecule has 0 aromatic carbocycles. The number of ether oxygens (including phenoxy) is 1. The standard InChI is InChI=1S/C11H22N4O3S/c1-4-12-5-6-15-9-11(8-13-15)19(16,17)14-7-10(2)18-3/h8-10,12,14H,4-7H2,1-3H3. The van der Waals surface area contributed by atoms with E-state index in [0.717, 1.165) is 13.1 Å². The Labute approximate surface area is 114 Å². The number of sulfonamides is 1. The van der Waals surface area contributed by atoms with Crippen molar-refractivity contribution in [2.45, 2.75) is 31.4 Å². The molecule has 0 bridgehead atoms. The SMILES string of the molecule is CCNCCn1cc(S(=O)(=O)NCC(C)OC)cn1. The highest BCUT2D eigenvalue weighted by Crippen LogP contribution is 2.06. The highest BCUT2D eigenvalue weighted by atomic mass is 32.2. The summed E-state index contributed by atoms with van der Waals surface area (Å²) in [5.41, 5.74) is 0. The summed E-state index contributed by atoms with van der Waals surface area (Å²) in [5.74, 6) is 0. The van der Waals surface area contributed by atoms with Crippen LogP contribution in [0.25, 0.3) is 0 Å². The highest BCUT2D eigenvalue weighted by molar-refractivity contribution is 7.89. The van der Waals surface area contributed by atoms with Gasteiger partial charge in [0.1, 0.15) is 4.90 Å². The Morgan fingerprint density at radius 1 is 1.53 bits per heavy atom. The third-order valence-corrected chi connectivity index (χ3v) is 4.03. The fourth-order valence-electron chi connectivity index (χ4n) is 1.37. The first-order chi connectivity index (χ1) is 8.99. The predicted molar refractivity (Wildman–Crippen MR) is 72.4 cm³/mol. The van der Waals surface area contributed by atoms with Crippen LogP contribution in [-0.2, 0) is 21.3 Å². The zero-order valence-corrected chi connectivity index (χ0v) is 12.4. The van der Waals surface area contributed by atoms with Crippen LogP contribution in [0, 0.1) is 0 Å². The van der Waals surface area contributed by atoms with Crippen molar-refractivity contribution < 1.29 is 13.2 Å². The number of hydrogen-bond acceptors (Lipinski definition) is 5. The van der Waals surface area contributed by atoms with E-state index in [1.807, 2.05) is 6.92 Å². The molecular weight excluding hydrogens is 268 g/mol. The van der Waals surface area contributed by atoms with Gasteiger partial charge in [-0.3, -0.25) is 4.68 Å². The second-order valence-electron chi connectivity index (χ2n) is 4.19. The van der Waals surface area contributed by atoms with Gasteiger partial charge in [-0.05, 0) is 13.5 Å². The Bertz CT molecular complexity index is 472. The minimum Gasteiger partial charge on any atom is -0.380 e. The minimum absolute atomic E-state index is 0.168. The highest BCUT2D eigenvalue weighted by Gasteiger charge is 2.17. The molecule has 7 nitrogen and oxygen atoms in total. The maximum absolute atomic E-state index is 12.0. The molecule has 1 aromatic rings. The second kappa shape index (κ2) is 7.59. The van der Waals surface area contributed by atoms with E-state index in [9.17, 15) is 8.42 Å². The van der Waals surface area contributed by atoms with Crippen molar-refractivity contribution in [3.63, 3.8) is 0 Å². The van der Waals surface area contributed by atoms with Gasteiger partial charge >= 0.3 is 0 Å². The van der Waals surface area contributed by atoms with Crippen molar-refractivity contribution in [1.82, 2.24) is 19.8 Å². The van der Waals surface area contributed by atoms with Crippen molar-refractivity contribution in [2.75, 3.05) is 26.7 Å². The summed E-state index contributed by atoms with van der Waals surface area (Å²) in [5, 5.41) is 7.18. The predicted octanol–water partition coefficient (Wildman–Crippen LogP) is -0.194. The van der Waals surface area contributed by atoms with Gasteiger partial charge in [0.2, 0.25) is 10.0 Å². The Morgan fingerprint density at radius 3 is 2.89 bits per heavy atom. The first-order valence-electron chi connectivity index (χ1n) is 6.25. The van der Waals surface area contributed by atoms with E-state index < -0.39 is 10.0 Å². The monoisotopic (exact) mass is 290 g/mol. The quantitative estimate of drug-likeness (QED) is 0.616. The fraction of sp³-hybridized carbons (Fsp3) is 0.727. The molecule has 0 spiro atoms. The molecule has 19 heavy (non-hydrogen) atoms. The largest absolute Gasteiger partial charge is 0.380 e. The van der Waals surface area contributed by atoms with Crippen LogP contribution in [0.1, 0.15) is 13.8 Å². The van der Waals surface area contributed by atoms with Gasteiger partial charge < -0.3 is 10.1 Å². The van der Waals surface area contributed by atoms with E-state index in [4.69, 9.17) is 4.74 Å². The molecule has 0 saturated heterocycles. The summed E-state index contributed by atoms with van der Waals surface area (Å²) >= 11 is 0. The Kier molecular flexibility index (Phi) is 6.43. The molecule has 0 fully saturated rings. The topological polar surface area (TPSA) is 85.2 Å². The summed E-state index contributed by atoms with van der Waals surface area (Å²) in [4.78, 5) is 0.173. The summed E-state index contributed by atoms with van der Waals surface area (Å²) in [7, 11) is -1.97. The molecular formula is C11H22N4O3S. The first kappa shape index (κ1) is 16.1. The van der Waals surface area contributed by atoms with Gasteiger partial charge in [-0.15, -0.1) is 0 Å². The zero-order valence-electron chi connectivity index (χ0n) is 11.6. The van der Waals surface area contributed by atoms with Crippen molar-refractivity contribution in [3.8, 4) is 0 Å². The van der Waals surface area contributed by atoms with Crippen LogP contribution in [0.2, 0.25) is 0 Å². The molecule has 1 atom stereocenters. The second-order valence-corrected chi connectivity index (χ2v) is 5.96. The Morgan fingerprint density at radius 2 is 2.26 bits per heavy atom. The summed E-state index contributed by atoms with van der Waals surface area (Å²) in [6, 6.07) is 0. The van der Waals surface area contributed by atoms with Gasteiger partial charge in [-0.25, -0.2) is 13.1 Å². The van der Waals surface area contributed by atoms with Gasteiger partial charge in [-0.1, -0.05) is 6.92 Å². The van der Waals surface area contributed by atoms with E-state index in [0.29, 0.717) is 6.54 Å². The maximum Gasteiger partial charge on any atom is 0.243 e. The van der Waals surface area contributed by atoms with Crippen molar-refractivity contribution >= 4 is 10.0 Å². The summed E-state index contributed by atoms with van der Waals surface area (Å²) in [6.45, 7) is 6.32. The molecule has 0 aliphatic rings. The van der Waals surface area contributed by atoms with Crippen molar-refractivity contribution in [2.24, 2.45) is 0 Å². The molecule has 1 unspecified atom stereocenters. The summed E-state index contributed by atoms with van der Waals surface area (Å²) in [6.07, 6.45) is 2.71. The number of hydrogen-bond donors (Lipinski definition) is 2. The van der Waals surface area contributed by atoms with E-state index in [1.54, 1.807) is 11.6 Å². The fourth-order valence-corrected chi connectivity index (χ4v) is 2.44. The van der Waals surface area contributed by atoms with Crippen LogP contribution in [0.3, 0.4) is 0 Å². The summed E-state index contributed by atoms with van der Waals surface area (Å²) < 4.78 is 33.0. The van der Waals surface area contributed by atoms with Crippen LogP contribution in [0.15, 0.2) is 17.3 Å². The average molecular weight is 290 g/mol. The first-order valence-corrected chi connectivity index (χ1v) is 7.73. The maximum atomic E-state index is 12.0. The smallest absolute Gasteiger partial charge is 0.243 e. The van der Waals surface area contributed by atoms with Gasteiger partial charge in [-0.2, -0.15) is 5.10 Å². The van der Waals surface area contributed by atoms with Crippen LogP contribution in [-0.4, -0.2) is 51.0 Å². The lowest BCUT2D eigenvalue weighted by Gasteiger charge is -2.10. The van der Waals surface area contributed by atoms with E-state index in [1.165, 1.54) is 19.5 Å². The molecule has 0 radical (unpaired) electrons. The van der Waals surface area contributed by atoms with E-state index >= 15 is 0 Å². The number of likely N-dealkylation sites (N-methyl/N-ethyl adjacent to an activating group) is 1. The number of aromatic nitrogens is 2. The molecule has 110 valence electrons. The van der Waals surface area contributed by atoms with Crippen molar-refractivity contribution in [3.05, 3.63) is 12.4 Å². The molecule has 0 aliphatic heterocycles. The van der Waals surface area contributed by atoms with Gasteiger partial charge in [0.15, 0.2) is 0 Å². The van der Waals surface area contributed by atoms with E-state index in [-0.39, 0.29) is 17.5 Å². The number of rotatable bonds is 9. The van der Waals surface area contributed by atoms with Gasteiger partial charge in [0, 0.05) is 26.4 Å². The molecule has 1 rings (SSSR count). The molecule has 0 amide bonds. The number of nitrogens with zero attached hydrogens (tertiary/aromatic N) is 2. The molecule has 0 aliphatic carbocycles. The lowest BCUT2D eigenvalue weighted by atomic mass is 10.4. The molecule has 1 heterocycles. The molecule has 8 heteroatoms. The minimum atomic E-state index is -3.51. The third-order valence-electron chi connectivity index (χ3n) is 2.65. The average Bonchev–Trinajstić information content (AvgIpc) is 2.86. The third kappa shape index (κ3) is 5.27. The van der Waals surface area contributed by atoms with Gasteiger partial charge in [0.25, 0.3) is 0 Å². The van der Waals surface area contributed by atoms with E-state index in [2.05, 4.69) is 15.1 Å².